The van der Waals surface area contributed by atoms with Crippen molar-refractivity contribution in [3.8, 4) is 17.2 Å². The third-order valence-electron chi connectivity index (χ3n) is 4.13. The first-order valence-corrected chi connectivity index (χ1v) is 9.88. The van der Waals surface area contributed by atoms with Crippen LogP contribution in [0.2, 0.25) is 0 Å². The second-order valence-corrected chi connectivity index (χ2v) is 7.20. The number of phenolic OH excluding ortho intramolecular Hbond substituents is 1. The number of ether oxygens (including phenoxy) is 2. The zero-order chi connectivity index (χ0) is 21.7. The van der Waals surface area contributed by atoms with E-state index in [0.29, 0.717) is 23.6 Å². The van der Waals surface area contributed by atoms with Crippen molar-refractivity contribution < 1.29 is 29.0 Å². The minimum absolute atomic E-state index is 0.0336. The zero-order valence-corrected chi connectivity index (χ0v) is 17.2. The van der Waals surface area contributed by atoms with Gasteiger partial charge in [0.15, 0.2) is 11.5 Å². The first kappa shape index (κ1) is 21.3. The number of methoxy groups -OCH3 is 1. The van der Waals surface area contributed by atoms with Crippen molar-refractivity contribution in [2.75, 3.05) is 25.6 Å². The molecule has 0 bridgehead atoms. The molecule has 1 saturated heterocycles. The summed E-state index contributed by atoms with van der Waals surface area (Å²) in [7, 11) is 1.41. The lowest BCUT2D eigenvalue weighted by Gasteiger charge is -2.12. The molecule has 3 amide bonds. The summed E-state index contributed by atoms with van der Waals surface area (Å²) in [5.41, 5.74) is 1.11. The van der Waals surface area contributed by atoms with Crippen molar-refractivity contribution in [1.29, 1.82) is 0 Å². The number of nitrogens with zero attached hydrogens (tertiary/aromatic N) is 1. The van der Waals surface area contributed by atoms with Gasteiger partial charge in [0.05, 0.1) is 18.6 Å². The third-order valence-corrected chi connectivity index (χ3v) is 5.03. The highest BCUT2D eigenvalue weighted by Gasteiger charge is 2.36. The van der Waals surface area contributed by atoms with Crippen molar-refractivity contribution in [3.63, 3.8) is 0 Å². The number of nitrogens with one attached hydrogen (secondary N) is 1. The molecule has 156 valence electrons. The molecule has 1 aliphatic heterocycles. The van der Waals surface area contributed by atoms with E-state index in [0.717, 1.165) is 16.7 Å². The zero-order valence-electron chi connectivity index (χ0n) is 16.4. The van der Waals surface area contributed by atoms with Crippen LogP contribution < -0.4 is 14.8 Å². The average molecular weight is 428 g/mol. The molecule has 0 saturated carbocycles. The van der Waals surface area contributed by atoms with E-state index in [1.165, 1.54) is 19.3 Å². The van der Waals surface area contributed by atoms with E-state index in [2.05, 4.69) is 5.32 Å². The number of anilines is 1. The fourth-order valence-corrected chi connectivity index (χ4v) is 3.56. The SMILES string of the molecule is CCOc1ccc(NC(=O)CN2C(=O)S/C(=C\c3ccc(O)c(OC)c3)C2=O)cc1. The Morgan fingerprint density at radius 2 is 1.93 bits per heavy atom. The molecule has 0 unspecified atom stereocenters. The smallest absolute Gasteiger partial charge is 0.294 e. The molecule has 1 aliphatic rings. The van der Waals surface area contributed by atoms with Crippen LogP contribution in [0.4, 0.5) is 10.5 Å². The summed E-state index contributed by atoms with van der Waals surface area (Å²) in [5.74, 6) is -0.156. The maximum absolute atomic E-state index is 12.6. The number of thioether (sulfide) groups is 1. The van der Waals surface area contributed by atoms with Gasteiger partial charge in [0, 0.05) is 5.69 Å². The first-order valence-electron chi connectivity index (χ1n) is 9.06. The molecule has 30 heavy (non-hydrogen) atoms. The molecular formula is C21H20N2O6S. The number of rotatable bonds is 7. The van der Waals surface area contributed by atoms with E-state index in [9.17, 15) is 19.5 Å². The topological polar surface area (TPSA) is 105 Å². The van der Waals surface area contributed by atoms with Crippen LogP contribution in [0.25, 0.3) is 6.08 Å². The highest BCUT2D eigenvalue weighted by molar-refractivity contribution is 8.18. The molecule has 1 fully saturated rings. The molecule has 0 aliphatic carbocycles. The summed E-state index contributed by atoms with van der Waals surface area (Å²) >= 11 is 0.749. The standard InChI is InChI=1S/C21H20N2O6S/c1-3-29-15-7-5-14(6-8-15)22-19(25)12-23-20(26)18(30-21(23)27)11-13-4-9-16(24)17(10-13)28-2/h4-11,24H,3,12H2,1-2H3,(H,22,25)/b18-11-. The van der Waals surface area contributed by atoms with Crippen LogP contribution in [-0.2, 0) is 9.59 Å². The molecule has 0 atom stereocenters. The molecule has 1 heterocycles. The number of hydrogen-bond acceptors (Lipinski definition) is 7. The first-order chi connectivity index (χ1) is 14.4. The van der Waals surface area contributed by atoms with E-state index in [4.69, 9.17) is 9.47 Å². The second kappa shape index (κ2) is 9.36. The Balaban J connectivity index is 1.66. The van der Waals surface area contributed by atoms with Crippen LogP contribution in [0.3, 0.4) is 0 Å². The number of phenols is 1. The summed E-state index contributed by atoms with van der Waals surface area (Å²) in [4.78, 5) is 38.2. The van der Waals surface area contributed by atoms with Crippen LogP contribution in [0.15, 0.2) is 47.4 Å². The van der Waals surface area contributed by atoms with Crippen molar-refractivity contribution >= 4 is 40.6 Å². The van der Waals surface area contributed by atoms with Gasteiger partial charge in [-0.3, -0.25) is 19.3 Å². The highest BCUT2D eigenvalue weighted by Crippen LogP contribution is 2.34. The Morgan fingerprint density at radius 1 is 1.20 bits per heavy atom. The predicted octanol–water partition coefficient (Wildman–Crippen LogP) is 3.47. The van der Waals surface area contributed by atoms with Gasteiger partial charge in [0.2, 0.25) is 5.91 Å². The lowest BCUT2D eigenvalue weighted by atomic mass is 10.2. The molecule has 3 rings (SSSR count). The van der Waals surface area contributed by atoms with Gasteiger partial charge in [0.25, 0.3) is 11.1 Å². The maximum Gasteiger partial charge on any atom is 0.294 e. The fourth-order valence-electron chi connectivity index (χ4n) is 2.72. The molecule has 0 spiro atoms. The van der Waals surface area contributed by atoms with Crippen molar-refractivity contribution in [1.82, 2.24) is 4.90 Å². The highest BCUT2D eigenvalue weighted by atomic mass is 32.2. The lowest BCUT2D eigenvalue weighted by Crippen LogP contribution is -2.36. The van der Waals surface area contributed by atoms with Crippen LogP contribution in [0.1, 0.15) is 12.5 Å². The average Bonchev–Trinajstić information content (AvgIpc) is 2.98. The van der Waals surface area contributed by atoms with Crippen LogP contribution in [0, 0.1) is 0 Å². The monoisotopic (exact) mass is 428 g/mol. The van der Waals surface area contributed by atoms with Gasteiger partial charge in [-0.15, -0.1) is 0 Å². The molecule has 8 nitrogen and oxygen atoms in total. The molecule has 2 aromatic rings. The number of hydrogen-bond donors (Lipinski definition) is 2. The Hall–Kier alpha value is -3.46. The molecular weight excluding hydrogens is 408 g/mol. The third kappa shape index (κ3) is 4.93. The molecule has 0 aromatic heterocycles. The van der Waals surface area contributed by atoms with E-state index in [1.807, 2.05) is 6.92 Å². The van der Waals surface area contributed by atoms with Gasteiger partial charge < -0.3 is 19.9 Å². The molecule has 9 heteroatoms. The number of amides is 3. The summed E-state index contributed by atoms with van der Waals surface area (Å²) in [6.07, 6.45) is 1.51. The van der Waals surface area contributed by atoms with Crippen LogP contribution >= 0.6 is 11.8 Å². The largest absolute Gasteiger partial charge is 0.504 e. The Morgan fingerprint density at radius 3 is 2.60 bits per heavy atom. The summed E-state index contributed by atoms with van der Waals surface area (Å²) < 4.78 is 10.4. The minimum atomic E-state index is -0.557. The van der Waals surface area contributed by atoms with E-state index >= 15 is 0 Å². The summed E-state index contributed by atoms with van der Waals surface area (Å²) in [5, 5.41) is 11.8. The van der Waals surface area contributed by atoms with Gasteiger partial charge in [-0.05, 0) is 66.7 Å². The minimum Gasteiger partial charge on any atom is -0.504 e. The summed E-state index contributed by atoms with van der Waals surface area (Å²) in [6, 6.07) is 11.3. The van der Waals surface area contributed by atoms with Gasteiger partial charge >= 0.3 is 0 Å². The Bertz CT molecular complexity index is 1000. The van der Waals surface area contributed by atoms with Gasteiger partial charge in [-0.2, -0.15) is 0 Å². The maximum atomic E-state index is 12.6. The predicted molar refractivity (Wildman–Crippen MR) is 114 cm³/mol. The molecule has 2 N–H and O–H groups in total. The van der Waals surface area contributed by atoms with Crippen molar-refractivity contribution in [2.45, 2.75) is 6.92 Å². The Labute approximate surface area is 177 Å². The Kier molecular flexibility index (Phi) is 6.63. The number of imide groups is 1. The molecule has 0 radical (unpaired) electrons. The number of aromatic hydroxyl groups is 1. The number of carbonyl (C=O) groups is 3. The summed E-state index contributed by atoms with van der Waals surface area (Å²) in [6.45, 7) is 2.02. The van der Waals surface area contributed by atoms with Crippen molar-refractivity contribution in [3.05, 3.63) is 52.9 Å². The van der Waals surface area contributed by atoms with E-state index in [-0.39, 0.29) is 16.4 Å². The van der Waals surface area contributed by atoms with Gasteiger partial charge in [-0.25, -0.2) is 0 Å². The van der Waals surface area contributed by atoms with E-state index < -0.39 is 23.6 Å². The van der Waals surface area contributed by atoms with Crippen molar-refractivity contribution in [2.24, 2.45) is 0 Å². The van der Waals surface area contributed by atoms with Crippen LogP contribution in [0.5, 0.6) is 17.2 Å². The van der Waals surface area contributed by atoms with Crippen LogP contribution in [-0.4, -0.2) is 47.3 Å². The number of carbonyl (C=O) groups excluding carboxylic acids is 3. The van der Waals surface area contributed by atoms with Gasteiger partial charge in [-0.1, -0.05) is 6.07 Å². The molecule has 2 aromatic carbocycles. The fraction of sp³-hybridized carbons (Fsp3) is 0.190. The quantitative estimate of drug-likeness (QED) is 0.651. The second-order valence-electron chi connectivity index (χ2n) is 6.20. The van der Waals surface area contributed by atoms with E-state index in [1.54, 1.807) is 36.4 Å². The number of benzene rings is 2. The van der Waals surface area contributed by atoms with Gasteiger partial charge in [0.1, 0.15) is 12.3 Å². The lowest BCUT2D eigenvalue weighted by molar-refractivity contribution is -0.127. The normalized spacial score (nSPS) is 14.9.